The zero-order valence-corrected chi connectivity index (χ0v) is 18.0. The van der Waals surface area contributed by atoms with E-state index < -0.39 is 23.7 Å². The van der Waals surface area contributed by atoms with E-state index in [2.05, 4.69) is 5.32 Å². The van der Waals surface area contributed by atoms with Gasteiger partial charge in [0.15, 0.2) is 17.3 Å². The fourth-order valence-electron chi connectivity index (χ4n) is 4.42. The number of ketones is 1. The first-order chi connectivity index (χ1) is 14.9. The Morgan fingerprint density at radius 2 is 2.06 bits per heavy atom. The van der Waals surface area contributed by atoms with Gasteiger partial charge in [0.05, 0.1) is 13.7 Å². The van der Waals surface area contributed by atoms with Crippen molar-refractivity contribution in [1.29, 1.82) is 0 Å². The molecule has 0 radical (unpaired) electrons. The summed E-state index contributed by atoms with van der Waals surface area (Å²) in [5, 5.41) is 14.7. The van der Waals surface area contributed by atoms with Gasteiger partial charge in [-0.3, -0.25) is 14.4 Å². The van der Waals surface area contributed by atoms with Crippen molar-refractivity contribution in [2.45, 2.75) is 31.6 Å². The van der Waals surface area contributed by atoms with E-state index in [0.29, 0.717) is 23.3 Å². The molecule has 2 aliphatic rings. The van der Waals surface area contributed by atoms with E-state index in [4.69, 9.17) is 9.47 Å². The first kappa shape index (κ1) is 21.1. The van der Waals surface area contributed by atoms with E-state index in [1.165, 1.54) is 24.5 Å². The van der Waals surface area contributed by atoms with Crippen LogP contribution in [0.5, 0.6) is 11.5 Å². The number of amides is 1. The molecule has 0 unspecified atom stereocenters. The van der Waals surface area contributed by atoms with E-state index in [1.807, 2.05) is 17.5 Å². The molecule has 31 heavy (non-hydrogen) atoms. The molecule has 2 heterocycles. The number of hydrogen-bond acceptors (Lipinski definition) is 7. The van der Waals surface area contributed by atoms with Crippen LogP contribution in [0.4, 0.5) is 0 Å². The fraction of sp³-hybridized carbons (Fsp3) is 0.348. The highest BCUT2D eigenvalue weighted by Gasteiger charge is 2.48. The first-order valence-corrected chi connectivity index (χ1v) is 11.0. The lowest BCUT2D eigenvalue weighted by Crippen LogP contribution is -2.44. The highest BCUT2D eigenvalue weighted by Crippen LogP contribution is 2.47. The monoisotopic (exact) mass is 441 g/mol. The Bertz CT molecular complexity index is 1060. The highest BCUT2D eigenvalue weighted by atomic mass is 32.1. The first-order valence-electron chi connectivity index (χ1n) is 10.1. The third-order valence-corrected chi connectivity index (χ3v) is 6.79. The van der Waals surface area contributed by atoms with Gasteiger partial charge in [0.25, 0.3) is 0 Å². The SMILES string of the molecule is CCOC(=O)[C@@H]1C(=O)C2=C(C[C@H]1c1cccs1)NC(=O)C[C@@H]2c1ccc(O)c(OC)c1. The van der Waals surface area contributed by atoms with Crippen molar-refractivity contribution in [3.63, 3.8) is 0 Å². The average Bonchev–Trinajstić information content (AvgIpc) is 3.28. The molecule has 0 saturated carbocycles. The van der Waals surface area contributed by atoms with Crippen LogP contribution in [0.25, 0.3) is 0 Å². The van der Waals surface area contributed by atoms with Gasteiger partial charge in [0.1, 0.15) is 5.92 Å². The normalized spacial score (nSPS) is 23.2. The van der Waals surface area contributed by atoms with Crippen LogP contribution >= 0.6 is 11.3 Å². The molecule has 1 amide bonds. The molecule has 162 valence electrons. The highest BCUT2D eigenvalue weighted by molar-refractivity contribution is 7.10. The number of Topliss-reactive ketones (excluding diaryl/α,β-unsaturated/α-hetero) is 1. The Morgan fingerprint density at radius 1 is 1.26 bits per heavy atom. The summed E-state index contributed by atoms with van der Waals surface area (Å²) < 4.78 is 10.5. The molecule has 1 aromatic heterocycles. The second-order valence-corrected chi connectivity index (χ2v) is 8.53. The number of allylic oxidation sites excluding steroid dienone is 2. The van der Waals surface area contributed by atoms with Crippen LogP contribution in [0.1, 0.15) is 42.0 Å². The maximum atomic E-state index is 13.7. The second kappa shape index (κ2) is 8.55. The minimum absolute atomic E-state index is 0.0298. The van der Waals surface area contributed by atoms with Crippen molar-refractivity contribution < 1.29 is 29.0 Å². The maximum absolute atomic E-state index is 13.7. The van der Waals surface area contributed by atoms with Crippen molar-refractivity contribution >= 4 is 29.0 Å². The number of esters is 1. The molecule has 1 aromatic carbocycles. The summed E-state index contributed by atoms with van der Waals surface area (Å²) in [6, 6.07) is 8.55. The second-order valence-electron chi connectivity index (χ2n) is 7.55. The maximum Gasteiger partial charge on any atom is 0.317 e. The number of hydrogen-bond donors (Lipinski definition) is 2. The molecule has 1 aliphatic heterocycles. The molecule has 0 fully saturated rings. The molecule has 0 spiro atoms. The summed E-state index contributed by atoms with van der Waals surface area (Å²) in [6.45, 7) is 1.89. The molecule has 8 heteroatoms. The fourth-order valence-corrected chi connectivity index (χ4v) is 5.29. The molecule has 3 atom stereocenters. The summed E-state index contributed by atoms with van der Waals surface area (Å²) in [4.78, 5) is 40.0. The Morgan fingerprint density at radius 3 is 2.74 bits per heavy atom. The summed E-state index contributed by atoms with van der Waals surface area (Å²) in [6.07, 6.45) is 0.431. The molecule has 4 rings (SSSR count). The molecule has 2 N–H and O–H groups in total. The molecular weight excluding hydrogens is 418 g/mol. The van der Waals surface area contributed by atoms with Gasteiger partial charge in [-0.1, -0.05) is 12.1 Å². The van der Waals surface area contributed by atoms with Gasteiger partial charge in [0, 0.05) is 34.4 Å². The number of nitrogens with one attached hydrogen (secondary N) is 1. The van der Waals surface area contributed by atoms with Gasteiger partial charge in [-0.25, -0.2) is 0 Å². The Balaban J connectivity index is 1.81. The van der Waals surface area contributed by atoms with E-state index >= 15 is 0 Å². The van der Waals surface area contributed by atoms with E-state index in [0.717, 1.165) is 4.88 Å². The number of phenolic OH excluding ortho intramolecular Hbond substituents is 1. The molecule has 2 aromatic rings. The van der Waals surface area contributed by atoms with Crippen molar-refractivity contribution in [2.75, 3.05) is 13.7 Å². The minimum atomic E-state index is -0.964. The molecule has 1 aliphatic carbocycles. The lowest BCUT2D eigenvalue weighted by Gasteiger charge is -2.37. The third kappa shape index (κ3) is 3.83. The van der Waals surface area contributed by atoms with Crippen molar-refractivity contribution in [3.8, 4) is 11.5 Å². The van der Waals surface area contributed by atoms with Gasteiger partial charge >= 0.3 is 5.97 Å². The van der Waals surface area contributed by atoms with E-state index in [1.54, 1.807) is 19.1 Å². The number of phenols is 1. The van der Waals surface area contributed by atoms with E-state index in [-0.39, 0.29) is 36.2 Å². The number of aromatic hydroxyl groups is 1. The topological polar surface area (TPSA) is 102 Å². The minimum Gasteiger partial charge on any atom is -0.504 e. The van der Waals surface area contributed by atoms with Crippen LogP contribution in [0.15, 0.2) is 47.0 Å². The van der Waals surface area contributed by atoms with Crippen LogP contribution < -0.4 is 10.1 Å². The van der Waals surface area contributed by atoms with Crippen LogP contribution in [0, 0.1) is 5.92 Å². The van der Waals surface area contributed by atoms with Gasteiger partial charge < -0.3 is 19.9 Å². The predicted octanol–water partition coefficient (Wildman–Crippen LogP) is 3.26. The number of methoxy groups -OCH3 is 1. The van der Waals surface area contributed by atoms with Crippen LogP contribution in [-0.4, -0.2) is 36.5 Å². The molecule has 7 nitrogen and oxygen atoms in total. The largest absolute Gasteiger partial charge is 0.504 e. The lowest BCUT2D eigenvalue weighted by molar-refractivity contribution is -0.152. The van der Waals surface area contributed by atoms with Crippen LogP contribution in [0.3, 0.4) is 0 Å². The molecule has 0 saturated heterocycles. The quantitative estimate of drug-likeness (QED) is 0.546. The Labute approximate surface area is 183 Å². The van der Waals surface area contributed by atoms with Crippen molar-refractivity contribution in [1.82, 2.24) is 5.32 Å². The Hall–Kier alpha value is -3.13. The average molecular weight is 442 g/mol. The number of rotatable bonds is 5. The van der Waals surface area contributed by atoms with Gasteiger partial charge in [-0.15, -0.1) is 11.3 Å². The third-order valence-electron chi connectivity index (χ3n) is 5.78. The summed E-state index contributed by atoms with van der Waals surface area (Å²) >= 11 is 1.47. The number of carbonyl (C=O) groups is 3. The number of thiophene rings is 1. The number of ether oxygens (including phenoxy) is 2. The van der Waals surface area contributed by atoms with Crippen LogP contribution in [-0.2, 0) is 19.1 Å². The van der Waals surface area contributed by atoms with Crippen molar-refractivity contribution in [2.24, 2.45) is 5.92 Å². The molecular formula is C23H23NO6S. The number of benzene rings is 1. The smallest absolute Gasteiger partial charge is 0.317 e. The zero-order valence-electron chi connectivity index (χ0n) is 17.2. The standard InChI is InChI=1S/C23H23NO6S/c1-3-30-23(28)21-14(18-5-4-8-31-18)10-15-20(22(21)27)13(11-19(26)24-15)12-6-7-16(25)17(9-12)29-2/h4-9,13-14,21,25H,3,10-11H2,1-2H3,(H,24,26)/t13-,14+,21+/m1/s1. The lowest BCUT2D eigenvalue weighted by atomic mass is 9.69. The Kier molecular flexibility index (Phi) is 5.82. The summed E-state index contributed by atoms with van der Waals surface area (Å²) in [5.41, 5.74) is 1.65. The van der Waals surface area contributed by atoms with Crippen LogP contribution in [0.2, 0.25) is 0 Å². The van der Waals surface area contributed by atoms with Gasteiger partial charge in [0.2, 0.25) is 5.91 Å². The van der Waals surface area contributed by atoms with E-state index in [9.17, 15) is 19.5 Å². The summed E-state index contributed by atoms with van der Waals surface area (Å²) in [5.74, 6) is -2.72. The number of carbonyl (C=O) groups excluding carboxylic acids is 3. The van der Waals surface area contributed by atoms with Gasteiger partial charge in [-0.05, 0) is 42.5 Å². The predicted molar refractivity (Wildman–Crippen MR) is 114 cm³/mol. The zero-order chi connectivity index (χ0) is 22.1. The van der Waals surface area contributed by atoms with Crippen molar-refractivity contribution in [3.05, 3.63) is 57.4 Å². The molecule has 0 bridgehead atoms. The summed E-state index contributed by atoms with van der Waals surface area (Å²) in [7, 11) is 1.44. The van der Waals surface area contributed by atoms with Gasteiger partial charge in [-0.2, -0.15) is 0 Å².